The van der Waals surface area contributed by atoms with Gasteiger partial charge in [-0.15, -0.1) is 24.8 Å². The summed E-state index contributed by atoms with van der Waals surface area (Å²) in [6, 6.07) is 5.86. The van der Waals surface area contributed by atoms with Crippen molar-refractivity contribution in [2.45, 2.75) is 57.8 Å². The number of ether oxygens (including phenoxy) is 1. The molecule has 4 aliphatic carbocycles. The third kappa shape index (κ3) is 6.99. The van der Waals surface area contributed by atoms with E-state index in [-0.39, 0.29) is 30.7 Å². The second-order valence-corrected chi connectivity index (χ2v) is 10.5. The third-order valence-electron chi connectivity index (χ3n) is 7.53. The van der Waals surface area contributed by atoms with E-state index in [1.54, 1.807) is 0 Å². The highest BCUT2D eigenvalue weighted by Gasteiger charge is 2.50. The van der Waals surface area contributed by atoms with Gasteiger partial charge in [-0.2, -0.15) is 0 Å². The Morgan fingerprint density at radius 1 is 1.06 bits per heavy atom. The first kappa shape index (κ1) is 27.7. The average Bonchev–Trinajstić information content (AvgIpc) is 2.71. The molecule has 1 aromatic rings. The zero-order valence-corrected chi connectivity index (χ0v) is 21.6. The number of nitrogens with one attached hydrogen (secondary N) is 2. The van der Waals surface area contributed by atoms with E-state index in [2.05, 4.69) is 10.6 Å². The molecule has 5 rings (SSSR count). The van der Waals surface area contributed by atoms with Crippen LogP contribution in [0.3, 0.4) is 0 Å². The van der Waals surface area contributed by atoms with Gasteiger partial charge in [-0.25, -0.2) is 0 Å². The Bertz CT molecular complexity index is 709. The van der Waals surface area contributed by atoms with Crippen LogP contribution >= 0.6 is 36.4 Å². The highest BCUT2D eigenvalue weighted by Crippen LogP contribution is 2.59. The molecule has 0 spiro atoms. The molecule has 1 amide bonds. The molecule has 0 saturated heterocycles. The molecule has 0 aromatic heterocycles. The zero-order valence-electron chi connectivity index (χ0n) is 19.2. The van der Waals surface area contributed by atoms with Crippen molar-refractivity contribution in [3.63, 3.8) is 0 Å². The van der Waals surface area contributed by atoms with Crippen LogP contribution in [0, 0.1) is 23.2 Å². The molecule has 0 atom stereocenters. The highest BCUT2D eigenvalue weighted by atomic mass is 35.5. The van der Waals surface area contributed by atoms with Crippen LogP contribution in [0.1, 0.15) is 67.3 Å². The molecular weight excluding hydrogens is 467 g/mol. The van der Waals surface area contributed by atoms with E-state index in [0.717, 1.165) is 68.9 Å². The standard InChI is InChI=1S/C25H37ClN2O2.2ClH/c1-27-7-3-9-30-8-2-4-18-5-6-23(26)22(13-18)24(29)28-17-25-14-19-10-20(15-25)12-21(11-19)16-25;;/h5-6,13,19-21,27H,2-4,7-12,14-17H2,1H3,(H,28,29);2*1H. The minimum atomic E-state index is -0.0130. The van der Waals surface area contributed by atoms with Gasteiger partial charge in [0.15, 0.2) is 0 Å². The first-order chi connectivity index (χ1) is 14.6. The summed E-state index contributed by atoms with van der Waals surface area (Å²) in [6.45, 7) is 3.34. The van der Waals surface area contributed by atoms with Crippen molar-refractivity contribution in [2.24, 2.45) is 23.2 Å². The molecule has 0 aliphatic heterocycles. The maximum absolute atomic E-state index is 13.0. The van der Waals surface area contributed by atoms with Crippen LogP contribution in [-0.2, 0) is 11.2 Å². The van der Waals surface area contributed by atoms with Crippen molar-refractivity contribution in [3.05, 3.63) is 34.3 Å². The maximum atomic E-state index is 13.0. The van der Waals surface area contributed by atoms with Gasteiger partial charge in [-0.3, -0.25) is 4.79 Å². The van der Waals surface area contributed by atoms with Crippen molar-refractivity contribution < 1.29 is 9.53 Å². The van der Waals surface area contributed by atoms with Gasteiger partial charge in [0, 0.05) is 19.8 Å². The molecule has 4 nitrogen and oxygen atoms in total. The minimum absolute atomic E-state index is 0. The van der Waals surface area contributed by atoms with E-state index in [4.69, 9.17) is 16.3 Å². The molecule has 4 fully saturated rings. The highest BCUT2D eigenvalue weighted by molar-refractivity contribution is 6.33. The third-order valence-corrected chi connectivity index (χ3v) is 7.86. The SMILES string of the molecule is CNCCCOCCCc1ccc(Cl)c(C(=O)NCC23CC4CC(CC(C4)C2)C3)c1.Cl.Cl. The maximum Gasteiger partial charge on any atom is 0.252 e. The summed E-state index contributed by atoms with van der Waals surface area (Å²) in [5.74, 6) is 2.70. The van der Waals surface area contributed by atoms with E-state index in [9.17, 15) is 4.79 Å². The lowest BCUT2D eigenvalue weighted by atomic mass is 9.49. The Balaban J connectivity index is 0.00000181. The Kier molecular flexibility index (Phi) is 11.1. The van der Waals surface area contributed by atoms with E-state index in [1.807, 2.05) is 25.2 Å². The lowest BCUT2D eigenvalue weighted by Gasteiger charge is -2.56. The van der Waals surface area contributed by atoms with Crippen molar-refractivity contribution >= 4 is 42.3 Å². The Morgan fingerprint density at radius 2 is 1.69 bits per heavy atom. The number of halogens is 3. The molecule has 7 heteroatoms. The predicted octanol–water partition coefficient (Wildman–Crippen LogP) is 5.69. The number of aryl methyl sites for hydroxylation is 1. The number of rotatable bonds is 11. The number of amides is 1. The topological polar surface area (TPSA) is 50.4 Å². The lowest BCUT2D eigenvalue weighted by Crippen LogP contribution is -2.51. The second-order valence-electron chi connectivity index (χ2n) is 10.1. The van der Waals surface area contributed by atoms with Crippen LogP contribution in [0.4, 0.5) is 0 Å². The minimum Gasteiger partial charge on any atom is -0.381 e. The molecule has 0 radical (unpaired) electrons. The van der Waals surface area contributed by atoms with Gasteiger partial charge >= 0.3 is 0 Å². The fraction of sp³-hybridized carbons (Fsp3) is 0.720. The molecule has 4 aliphatic rings. The van der Waals surface area contributed by atoms with Crippen LogP contribution in [0.15, 0.2) is 18.2 Å². The quantitative estimate of drug-likeness (QED) is 0.380. The zero-order chi connectivity index (χ0) is 21.0. The first-order valence-corrected chi connectivity index (χ1v) is 12.2. The van der Waals surface area contributed by atoms with E-state index < -0.39 is 0 Å². The van der Waals surface area contributed by atoms with Crippen LogP contribution in [0.5, 0.6) is 0 Å². The van der Waals surface area contributed by atoms with E-state index in [0.29, 0.717) is 16.0 Å². The van der Waals surface area contributed by atoms with Crippen LogP contribution in [0.25, 0.3) is 0 Å². The summed E-state index contributed by atoms with van der Waals surface area (Å²) in [4.78, 5) is 13.0. The molecule has 0 heterocycles. The van der Waals surface area contributed by atoms with Crippen LogP contribution in [-0.4, -0.2) is 39.3 Å². The van der Waals surface area contributed by atoms with Gasteiger partial charge in [0.25, 0.3) is 5.91 Å². The van der Waals surface area contributed by atoms with Gasteiger partial charge in [0.1, 0.15) is 0 Å². The monoisotopic (exact) mass is 504 g/mol. The Morgan fingerprint density at radius 3 is 2.31 bits per heavy atom. The lowest BCUT2D eigenvalue weighted by molar-refractivity contribution is -0.0503. The van der Waals surface area contributed by atoms with Crippen molar-refractivity contribution in [1.29, 1.82) is 0 Å². The molecule has 1 aromatic carbocycles. The van der Waals surface area contributed by atoms with Gasteiger partial charge < -0.3 is 15.4 Å². The predicted molar refractivity (Wildman–Crippen MR) is 137 cm³/mol. The second kappa shape index (κ2) is 12.8. The Hall–Kier alpha value is -0.520. The summed E-state index contributed by atoms with van der Waals surface area (Å²) < 4.78 is 5.67. The molecular formula is C25H39Cl3N2O2. The van der Waals surface area contributed by atoms with Gasteiger partial charge in [0.05, 0.1) is 10.6 Å². The summed E-state index contributed by atoms with van der Waals surface area (Å²) in [6.07, 6.45) is 11.1. The van der Waals surface area contributed by atoms with E-state index in [1.165, 1.54) is 38.5 Å². The number of benzene rings is 1. The fourth-order valence-corrected chi connectivity index (χ4v) is 6.81. The summed E-state index contributed by atoms with van der Waals surface area (Å²) in [5, 5.41) is 6.94. The molecule has 2 N–H and O–H groups in total. The smallest absolute Gasteiger partial charge is 0.252 e. The van der Waals surface area contributed by atoms with E-state index >= 15 is 0 Å². The van der Waals surface area contributed by atoms with Gasteiger partial charge in [-0.1, -0.05) is 17.7 Å². The van der Waals surface area contributed by atoms with Crippen LogP contribution in [0.2, 0.25) is 5.02 Å². The molecule has 4 bridgehead atoms. The molecule has 182 valence electrons. The summed E-state index contributed by atoms with van der Waals surface area (Å²) in [7, 11) is 1.96. The first-order valence-electron chi connectivity index (χ1n) is 11.9. The number of hydrogen-bond donors (Lipinski definition) is 2. The van der Waals surface area contributed by atoms with Crippen molar-refractivity contribution in [1.82, 2.24) is 10.6 Å². The Labute approximate surface area is 210 Å². The summed E-state index contributed by atoms with van der Waals surface area (Å²) in [5.41, 5.74) is 2.12. The van der Waals surface area contributed by atoms with Gasteiger partial charge in [0.2, 0.25) is 0 Å². The number of hydrogen-bond acceptors (Lipinski definition) is 3. The van der Waals surface area contributed by atoms with Crippen molar-refractivity contribution in [2.75, 3.05) is 33.4 Å². The van der Waals surface area contributed by atoms with Crippen molar-refractivity contribution in [3.8, 4) is 0 Å². The molecule has 0 unspecified atom stereocenters. The fourth-order valence-electron chi connectivity index (χ4n) is 6.60. The number of carbonyl (C=O) groups is 1. The van der Waals surface area contributed by atoms with Crippen LogP contribution < -0.4 is 10.6 Å². The summed E-state index contributed by atoms with van der Waals surface area (Å²) >= 11 is 6.39. The normalized spacial score (nSPS) is 27.5. The molecule has 4 saturated carbocycles. The largest absolute Gasteiger partial charge is 0.381 e. The van der Waals surface area contributed by atoms with Gasteiger partial charge in [-0.05, 0) is 112 Å². The number of carbonyl (C=O) groups excluding carboxylic acids is 1. The average molecular weight is 506 g/mol. The molecule has 32 heavy (non-hydrogen) atoms.